The van der Waals surface area contributed by atoms with E-state index >= 15 is 0 Å². The Balaban J connectivity index is 2.00. The fraction of sp³-hybridized carbons (Fsp3) is 0.222. The summed E-state index contributed by atoms with van der Waals surface area (Å²) < 4.78 is 20.3. The van der Waals surface area contributed by atoms with E-state index in [1.807, 2.05) is 0 Å². The molecule has 3 rings (SSSR count). The number of nitrogens with zero attached hydrogens (tertiary/aromatic N) is 1. The van der Waals surface area contributed by atoms with Crippen LogP contribution >= 0.6 is 27.5 Å². The third-order valence-corrected chi connectivity index (χ3v) is 5.03. The van der Waals surface area contributed by atoms with E-state index < -0.39 is 11.7 Å². The van der Waals surface area contributed by atoms with Gasteiger partial charge in [0.2, 0.25) is 0 Å². The molecule has 0 radical (unpaired) electrons. The summed E-state index contributed by atoms with van der Waals surface area (Å²) in [6.07, 6.45) is 0. The number of hydrogen-bond donors (Lipinski definition) is 0. The fourth-order valence-corrected chi connectivity index (χ4v) is 3.56. The average Bonchev–Trinajstić information content (AvgIpc) is 2.57. The van der Waals surface area contributed by atoms with Crippen LogP contribution in [0.25, 0.3) is 0 Å². The van der Waals surface area contributed by atoms with Crippen molar-refractivity contribution in [3.8, 4) is 5.75 Å². The fourth-order valence-electron chi connectivity index (χ4n) is 2.72. The first-order valence-corrected chi connectivity index (χ1v) is 8.68. The number of anilines is 1. The molecule has 2 aromatic rings. The van der Waals surface area contributed by atoms with Gasteiger partial charge in [-0.3, -0.25) is 9.59 Å². The van der Waals surface area contributed by atoms with E-state index in [0.29, 0.717) is 10.6 Å². The molecule has 1 atom stereocenters. The summed E-state index contributed by atoms with van der Waals surface area (Å²) in [6, 6.07) is 7.85. The van der Waals surface area contributed by atoms with Crippen molar-refractivity contribution in [3.05, 3.63) is 56.8 Å². The van der Waals surface area contributed by atoms with E-state index in [9.17, 15) is 14.0 Å². The number of Topliss-reactive ketones (excluding diaryl/α,β-unsaturated/α-hetero) is 1. The van der Waals surface area contributed by atoms with Crippen LogP contribution in [0.3, 0.4) is 0 Å². The summed E-state index contributed by atoms with van der Waals surface area (Å²) >= 11 is 9.54. The largest absolute Gasteiger partial charge is 0.478 e. The Kier molecular flexibility index (Phi) is 4.84. The second-order valence-corrected chi connectivity index (χ2v) is 7.12. The van der Waals surface area contributed by atoms with Crippen LogP contribution < -0.4 is 9.64 Å². The number of fused-ring (bicyclic) bond motifs is 1. The molecule has 0 aliphatic carbocycles. The first kappa shape index (κ1) is 17.9. The smallest absolute Gasteiger partial charge is 0.264 e. The lowest BCUT2D eigenvalue weighted by molar-refractivity contribution is -0.121. The van der Waals surface area contributed by atoms with E-state index in [1.54, 1.807) is 25.1 Å². The maximum atomic E-state index is 14.3. The first-order chi connectivity index (χ1) is 11.8. The van der Waals surface area contributed by atoms with E-state index in [0.717, 1.165) is 10.5 Å². The van der Waals surface area contributed by atoms with Crippen LogP contribution in [0.2, 0.25) is 5.02 Å². The first-order valence-electron chi connectivity index (χ1n) is 7.51. The molecule has 4 nitrogen and oxygen atoms in total. The molecule has 0 bridgehead atoms. The average molecular weight is 427 g/mol. The third-order valence-electron chi connectivity index (χ3n) is 4.21. The molecule has 2 aromatic carbocycles. The Bertz CT molecular complexity index is 887. The van der Waals surface area contributed by atoms with Gasteiger partial charge in [0.15, 0.2) is 24.0 Å². The van der Waals surface area contributed by atoms with Gasteiger partial charge in [-0.2, -0.15) is 0 Å². The van der Waals surface area contributed by atoms with Crippen LogP contribution in [0.5, 0.6) is 5.75 Å². The molecule has 130 valence electrons. The standard InChI is InChI=1S/C18H14BrClFNO3/c1-9(12-4-3-11(19)7-13(12)20)17(24)10-5-14(21)18-15(6-10)22(2)16(23)8-25-18/h3-7,9H,8H2,1-2H3. The Morgan fingerprint density at radius 2 is 2.08 bits per heavy atom. The lowest BCUT2D eigenvalue weighted by Crippen LogP contribution is -2.36. The van der Waals surface area contributed by atoms with Crippen molar-refractivity contribution < 1.29 is 18.7 Å². The minimum atomic E-state index is -0.672. The number of carbonyl (C=O) groups is 2. The summed E-state index contributed by atoms with van der Waals surface area (Å²) in [4.78, 5) is 25.9. The molecule has 1 aliphatic rings. The second-order valence-electron chi connectivity index (χ2n) is 5.80. The topological polar surface area (TPSA) is 46.6 Å². The number of likely N-dealkylation sites (N-methyl/N-ethyl adjacent to an activating group) is 1. The molecule has 7 heteroatoms. The van der Waals surface area contributed by atoms with Gasteiger partial charge in [-0.05, 0) is 29.8 Å². The Hall–Kier alpha value is -1.92. The van der Waals surface area contributed by atoms with Crippen LogP contribution in [0.15, 0.2) is 34.8 Å². The molecule has 0 saturated carbocycles. The van der Waals surface area contributed by atoms with Crippen molar-refractivity contribution in [2.45, 2.75) is 12.8 Å². The van der Waals surface area contributed by atoms with Crippen LogP contribution in [0.4, 0.5) is 10.1 Å². The molecule has 0 spiro atoms. The molecular weight excluding hydrogens is 413 g/mol. The zero-order valence-corrected chi connectivity index (χ0v) is 15.8. The van der Waals surface area contributed by atoms with Crippen LogP contribution in [0.1, 0.15) is 28.8 Å². The highest BCUT2D eigenvalue weighted by Crippen LogP contribution is 2.37. The molecule has 25 heavy (non-hydrogen) atoms. The maximum Gasteiger partial charge on any atom is 0.264 e. The zero-order chi connectivity index (χ0) is 18.3. The number of amides is 1. The van der Waals surface area contributed by atoms with E-state index in [1.165, 1.54) is 18.0 Å². The van der Waals surface area contributed by atoms with Crippen LogP contribution in [-0.2, 0) is 4.79 Å². The van der Waals surface area contributed by atoms with Crippen molar-refractivity contribution in [1.82, 2.24) is 0 Å². The maximum absolute atomic E-state index is 14.3. The van der Waals surface area contributed by atoms with Crippen molar-refractivity contribution in [2.24, 2.45) is 0 Å². The lowest BCUT2D eigenvalue weighted by Gasteiger charge is -2.27. The molecule has 0 N–H and O–H groups in total. The lowest BCUT2D eigenvalue weighted by atomic mass is 9.91. The van der Waals surface area contributed by atoms with Crippen molar-refractivity contribution in [2.75, 3.05) is 18.6 Å². The molecule has 0 fully saturated rings. The highest BCUT2D eigenvalue weighted by Gasteiger charge is 2.28. The van der Waals surface area contributed by atoms with E-state index in [-0.39, 0.29) is 35.3 Å². The monoisotopic (exact) mass is 425 g/mol. The third kappa shape index (κ3) is 3.28. The minimum absolute atomic E-state index is 0.0204. The zero-order valence-electron chi connectivity index (χ0n) is 13.5. The highest BCUT2D eigenvalue weighted by molar-refractivity contribution is 9.10. The van der Waals surface area contributed by atoms with Crippen molar-refractivity contribution in [3.63, 3.8) is 0 Å². The van der Waals surface area contributed by atoms with Crippen molar-refractivity contribution in [1.29, 1.82) is 0 Å². The van der Waals surface area contributed by atoms with Gasteiger partial charge >= 0.3 is 0 Å². The molecule has 1 heterocycles. The number of benzene rings is 2. The summed E-state index contributed by atoms with van der Waals surface area (Å²) in [5, 5.41) is 0.448. The number of carbonyl (C=O) groups excluding carboxylic acids is 2. The van der Waals surface area contributed by atoms with Gasteiger partial charge in [0, 0.05) is 28.0 Å². The van der Waals surface area contributed by atoms with Gasteiger partial charge in [0.25, 0.3) is 5.91 Å². The molecule has 1 amide bonds. The molecule has 1 unspecified atom stereocenters. The van der Waals surface area contributed by atoms with Gasteiger partial charge in [0.05, 0.1) is 5.69 Å². The van der Waals surface area contributed by atoms with Gasteiger partial charge in [0.1, 0.15) is 0 Å². The van der Waals surface area contributed by atoms with E-state index in [4.69, 9.17) is 16.3 Å². The number of ether oxygens (including phenoxy) is 1. The van der Waals surface area contributed by atoms with Gasteiger partial charge in [-0.15, -0.1) is 0 Å². The molecular formula is C18H14BrClFNO3. The Morgan fingerprint density at radius 3 is 2.76 bits per heavy atom. The molecule has 0 aromatic heterocycles. The predicted molar refractivity (Wildman–Crippen MR) is 97.2 cm³/mol. The summed E-state index contributed by atoms with van der Waals surface area (Å²) in [5.74, 6) is -1.86. The van der Waals surface area contributed by atoms with Gasteiger partial charge < -0.3 is 9.64 Å². The van der Waals surface area contributed by atoms with Gasteiger partial charge in [-0.25, -0.2) is 4.39 Å². The van der Waals surface area contributed by atoms with Crippen LogP contribution in [0, 0.1) is 5.82 Å². The summed E-state index contributed by atoms with van der Waals surface area (Å²) in [5.41, 5.74) is 1.05. The highest BCUT2D eigenvalue weighted by atomic mass is 79.9. The van der Waals surface area contributed by atoms with Crippen LogP contribution in [-0.4, -0.2) is 25.3 Å². The number of hydrogen-bond acceptors (Lipinski definition) is 3. The molecule has 1 aliphatic heterocycles. The summed E-state index contributed by atoms with van der Waals surface area (Å²) in [7, 11) is 1.52. The number of ketones is 1. The molecule has 0 saturated heterocycles. The van der Waals surface area contributed by atoms with E-state index in [2.05, 4.69) is 15.9 Å². The quantitative estimate of drug-likeness (QED) is 0.675. The van der Waals surface area contributed by atoms with Crippen molar-refractivity contribution >= 4 is 44.9 Å². The SMILES string of the molecule is CC(C(=O)c1cc(F)c2c(c1)N(C)C(=O)CO2)c1ccc(Br)cc1Cl. The second kappa shape index (κ2) is 6.77. The number of halogens is 3. The normalized spacial score (nSPS) is 14.8. The number of rotatable bonds is 3. The Labute approximate surface area is 157 Å². The Morgan fingerprint density at radius 1 is 1.36 bits per heavy atom. The van der Waals surface area contributed by atoms with Gasteiger partial charge in [-0.1, -0.05) is 40.5 Å². The predicted octanol–water partition coefficient (Wildman–Crippen LogP) is 4.58. The minimum Gasteiger partial charge on any atom is -0.478 e. The summed E-state index contributed by atoms with van der Waals surface area (Å²) in [6.45, 7) is 1.48.